The van der Waals surface area contributed by atoms with Crippen molar-refractivity contribution in [3.05, 3.63) is 17.0 Å². The molecule has 0 unspecified atom stereocenters. The first kappa shape index (κ1) is 15.0. The summed E-state index contributed by atoms with van der Waals surface area (Å²) in [7, 11) is 3.75. The van der Waals surface area contributed by atoms with E-state index in [1.54, 1.807) is 9.58 Å². The van der Waals surface area contributed by atoms with Gasteiger partial charge in [-0.15, -0.1) is 0 Å². The van der Waals surface area contributed by atoms with E-state index < -0.39 is 0 Å². The third-order valence-corrected chi connectivity index (χ3v) is 4.03. The Labute approximate surface area is 120 Å². The molecule has 1 N–H and O–H groups in total. The Morgan fingerprint density at radius 1 is 1.35 bits per heavy atom. The van der Waals surface area contributed by atoms with Crippen LogP contribution in [0.1, 0.15) is 21.7 Å². The first-order valence-corrected chi connectivity index (χ1v) is 7.19. The van der Waals surface area contributed by atoms with Crippen molar-refractivity contribution in [1.29, 1.82) is 0 Å². The van der Waals surface area contributed by atoms with Gasteiger partial charge < -0.3 is 10.2 Å². The van der Waals surface area contributed by atoms with E-state index in [2.05, 4.69) is 15.3 Å². The molecule has 0 spiro atoms. The van der Waals surface area contributed by atoms with Crippen LogP contribution < -0.4 is 5.32 Å². The number of nitrogens with zero attached hydrogens (tertiary/aromatic N) is 4. The predicted octanol–water partition coefficient (Wildman–Crippen LogP) is 0.0141. The minimum absolute atomic E-state index is 0.0724. The topological polar surface area (TPSA) is 53.4 Å². The van der Waals surface area contributed by atoms with Crippen molar-refractivity contribution in [2.75, 3.05) is 46.3 Å². The minimum Gasteiger partial charge on any atom is -0.340 e. The summed E-state index contributed by atoms with van der Waals surface area (Å²) in [6.07, 6.45) is 0. The zero-order valence-corrected chi connectivity index (χ0v) is 12.9. The fourth-order valence-corrected chi connectivity index (χ4v) is 2.60. The van der Waals surface area contributed by atoms with Gasteiger partial charge in [0.2, 0.25) is 0 Å². The number of rotatable bonds is 4. The van der Waals surface area contributed by atoms with Gasteiger partial charge in [-0.25, -0.2) is 0 Å². The highest BCUT2D eigenvalue weighted by Crippen LogP contribution is 2.14. The third kappa shape index (κ3) is 3.19. The Bertz CT molecular complexity index is 476. The lowest BCUT2D eigenvalue weighted by Crippen LogP contribution is -2.46. The van der Waals surface area contributed by atoms with Crippen LogP contribution in [-0.4, -0.2) is 71.8 Å². The number of carbonyl (C=O) groups excluding carboxylic acids is 1. The second-order valence-corrected chi connectivity index (χ2v) is 5.49. The second-order valence-electron chi connectivity index (χ2n) is 5.49. The molecule has 0 radical (unpaired) electrons. The average Bonchev–Trinajstić information content (AvgIpc) is 2.70. The lowest BCUT2D eigenvalue weighted by molar-refractivity contribution is 0.0773. The molecule has 0 saturated carbocycles. The monoisotopic (exact) mass is 279 g/mol. The smallest absolute Gasteiger partial charge is 0.257 e. The van der Waals surface area contributed by atoms with E-state index in [0.29, 0.717) is 0 Å². The number of carbonyl (C=O) groups is 1. The van der Waals surface area contributed by atoms with Crippen LogP contribution >= 0.6 is 0 Å². The molecule has 0 atom stereocenters. The van der Waals surface area contributed by atoms with Crippen LogP contribution in [-0.2, 0) is 7.05 Å². The number of nitrogens with one attached hydrogen (secondary N) is 1. The van der Waals surface area contributed by atoms with Gasteiger partial charge in [-0.05, 0) is 13.8 Å². The normalized spacial score (nSPS) is 16.4. The molecule has 1 aliphatic heterocycles. The summed E-state index contributed by atoms with van der Waals surface area (Å²) < 4.78 is 1.77. The Balaban J connectivity index is 1.94. The fraction of sp³-hybridized carbons (Fsp3) is 0.714. The maximum Gasteiger partial charge on any atom is 0.257 e. The second kappa shape index (κ2) is 6.37. The van der Waals surface area contributed by atoms with Crippen LogP contribution in [0.15, 0.2) is 0 Å². The predicted molar refractivity (Wildman–Crippen MR) is 79.0 cm³/mol. The maximum atomic E-state index is 12.5. The molecule has 1 aromatic heterocycles. The lowest BCUT2D eigenvalue weighted by atomic mass is 10.1. The van der Waals surface area contributed by atoms with Gasteiger partial charge in [0, 0.05) is 59.1 Å². The first-order chi connectivity index (χ1) is 9.50. The standard InChI is InChI=1S/C14H25N5O/c1-11-13(12(2)18(4)16-11)14(20)17(3)9-10-19-7-5-15-6-8-19/h15H,5-10H2,1-4H3. The molecular weight excluding hydrogens is 254 g/mol. The zero-order valence-electron chi connectivity index (χ0n) is 12.9. The molecule has 0 aliphatic carbocycles. The fourth-order valence-electron chi connectivity index (χ4n) is 2.60. The van der Waals surface area contributed by atoms with Crippen LogP contribution in [0.4, 0.5) is 0 Å². The van der Waals surface area contributed by atoms with Crippen LogP contribution in [0.2, 0.25) is 0 Å². The molecule has 6 nitrogen and oxygen atoms in total. The molecule has 20 heavy (non-hydrogen) atoms. The summed E-state index contributed by atoms with van der Waals surface area (Å²) >= 11 is 0. The average molecular weight is 279 g/mol. The van der Waals surface area contributed by atoms with E-state index in [1.165, 1.54) is 0 Å². The van der Waals surface area contributed by atoms with Crippen LogP contribution in [0.25, 0.3) is 0 Å². The van der Waals surface area contributed by atoms with Crippen LogP contribution in [0.3, 0.4) is 0 Å². The highest BCUT2D eigenvalue weighted by atomic mass is 16.2. The Hall–Kier alpha value is -1.40. The Kier molecular flexibility index (Phi) is 4.77. The summed E-state index contributed by atoms with van der Waals surface area (Å²) in [4.78, 5) is 16.7. The van der Waals surface area contributed by atoms with Crippen molar-refractivity contribution < 1.29 is 4.79 Å². The van der Waals surface area contributed by atoms with Crippen molar-refractivity contribution in [2.24, 2.45) is 7.05 Å². The highest BCUT2D eigenvalue weighted by Gasteiger charge is 2.21. The summed E-state index contributed by atoms with van der Waals surface area (Å²) in [6.45, 7) is 9.73. The quantitative estimate of drug-likeness (QED) is 0.844. The van der Waals surface area contributed by atoms with Gasteiger partial charge in [0.15, 0.2) is 0 Å². The molecule has 6 heteroatoms. The van der Waals surface area contributed by atoms with Crippen molar-refractivity contribution >= 4 is 5.91 Å². The summed E-state index contributed by atoms with van der Waals surface area (Å²) in [5, 5.41) is 7.65. The Morgan fingerprint density at radius 2 is 2.00 bits per heavy atom. The summed E-state index contributed by atoms with van der Waals surface area (Å²) in [5.41, 5.74) is 2.49. The molecule has 1 amide bonds. The van der Waals surface area contributed by atoms with E-state index in [-0.39, 0.29) is 5.91 Å². The number of hydrogen-bond donors (Lipinski definition) is 1. The number of likely N-dealkylation sites (N-methyl/N-ethyl adjacent to an activating group) is 1. The van der Waals surface area contributed by atoms with Gasteiger partial charge in [0.05, 0.1) is 11.3 Å². The van der Waals surface area contributed by atoms with E-state index in [4.69, 9.17) is 0 Å². The van der Waals surface area contributed by atoms with Gasteiger partial charge in [-0.2, -0.15) is 5.10 Å². The van der Waals surface area contributed by atoms with Crippen LogP contribution in [0, 0.1) is 13.8 Å². The molecule has 0 bridgehead atoms. The number of hydrogen-bond acceptors (Lipinski definition) is 4. The summed E-state index contributed by atoms with van der Waals surface area (Å²) in [6, 6.07) is 0. The number of amides is 1. The van der Waals surface area contributed by atoms with Crippen molar-refractivity contribution in [3.8, 4) is 0 Å². The number of aromatic nitrogens is 2. The molecule has 1 saturated heterocycles. The summed E-state index contributed by atoms with van der Waals surface area (Å²) in [5.74, 6) is 0.0724. The van der Waals surface area contributed by atoms with Crippen molar-refractivity contribution in [1.82, 2.24) is 24.9 Å². The third-order valence-electron chi connectivity index (χ3n) is 4.03. The largest absolute Gasteiger partial charge is 0.340 e. The number of piperazine rings is 1. The number of aryl methyl sites for hydroxylation is 2. The molecule has 0 aromatic carbocycles. The molecular formula is C14H25N5O. The maximum absolute atomic E-state index is 12.5. The minimum atomic E-state index is 0.0724. The lowest BCUT2D eigenvalue weighted by Gasteiger charge is -2.29. The van der Waals surface area contributed by atoms with Gasteiger partial charge in [0.25, 0.3) is 5.91 Å². The SMILES string of the molecule is Cc1nn(C)c(C)c1C(=O)N(C)CCN1CCNCC1. The van der Waals surface area contributed by atoms with Gasteiger partial charge in [0.1, 0.15) is 0 Å². The molecule has 2 heterocycles. The first-order valence-electron chi connectivity index (χ1n) is 7.19. The van der Waals surface area contributed by atoms with Gasteiger partial charge in [-0.3, -0.25) is 14.4 Å². The van der Waals surface area contributed by atoms with E-state index in [9.17, 15) is 4.79 Å². The van der Waals surface area contributed by atoms with E-state index in [0.717, 1.165) is 56.2 Å². The molecule has 112 valence electrons. The zero-order chi connectivity index (χ0) is 14.7. The Morgan fingerprint density at radius 3 is 2.55 bits per heavy atom. The molecule has 1 aliphatic rings. The van der Waals surface area contributed by atoms with Crippen LogP contribution in [0.5, 0.6) is 0 Å². The van der Waals surface area contributed by atoms with Gasteiger partial charge in [-0.1, -0.05) is 0 Å². The van der Waals surface area contributed by atoms with E-state index in [1.807, 2.05) is 27.9 Å². The van der Waals surface area contributed by atoms with Crippen molar-refractivity contribution in [3.63, 3.8) is 0 Å². The molecule has 1 aromatic rings. The van der Waals surface area contributed by atoms with Crippen molar-refractivity contribution in [2.45, 2.75) is 13.8 Å². The molecule has 1 fully saturated rings. The van der Waals surface area contributed by atoms with Gasteiger partial charge >= 0.3 is 0 Å². The van der Waals surface area contributed by atoms with E-state index >= 15 is 0 Å². The highest BCUT2D eigenvalue weighted by molar-refractivity contribution is 5.96. The molecule has 2 rings (SSSR count).